The van der Waals surface area contributed by atoms with Crippen molar-refractivity contribution >= 4 is 15.9 Å². The number of nitrogens with zero attached hydrogens (tertiary/aromatic N) is 2. The third-order valence-corrected chi connectivity index (χ3v) is 5.69. The van der Waals surface area contributed by atoms with E-state index in [1.807, 2.05) is 0 Å². The van der Waals surface area contributed by atoms with E-state index in [0.29, 0.717) is 5.41 Å². The van der Waals surface area contributed by atoms with Gasteiger partial charge >= 0.3 is 0 Å². The van der Waals surface area contributed by atoms with Crippen molar-refractivity contribution < 1.29 is 0 Å². The third-order valence-electron chi connectivity index (χ3n) is 4.66. The largest absolute Gasteiger partial charge is 0.311 e. The van der Waals surface area contributed by atoms with Gasteiger partial charge in [0.05, 0.1) is 15.9 Å². The Morgan fingerprint density at radius 3 is 2.58 bits per heavy atom. The number of aryl methyl sites for hydroxylation is 2. The molecule has 19 heavy (non-hydrogen) atoms. The molecule has 2 rings (SSSR count). The van der Waals surface area contributed by atoms with Crippen molar-refractivity contribution in [1.82, 2.24) is 15.1 Å². The van der Waals surface area contributed by atoms with Crippen LogP contribution in [0.2, 0.25) is 0 Å². The third kappa shape index (κ3) is 3.22. The molecular weight excluding hydrogens is 302 g/mol. The Kier molecular flexibility index (Phi) is 5.07. The SMILES string of the molecule is CCn1nc(C)c(Br)c1CNCC1(CC)CCCC1. The van der Waals surface area contributed by atoms with Crippen molar-refractivity contribution in [2.45, 2.75) is 66.0 Å². The van der Waals surface area contributed by atoms with Crippen LogP contribution in [0.15, 0.2) is 4.47 Å². The molecule has 1 aromatic heterocycles. The lowest BCUT2D eigenvalue weighted by Crippen LogP contribution is -2.31. The molecule has 0 amide bonds. The van der Waals surface area contributed by atoms with E-state index in [0.717, 1.165) is 25.3 Å². The van der Waals surface area contributed by atoms with Crippen LogP contribution in [0.5, 0.6) is 0 Å². The summed E-state index contributed by atoms with van der Waals surface area (Å²) in [4.78, 5) is 0. The van der Waals surface area contributed by atoms with E-state index in [4.69, 9.17) is 0 Å². The van der Waals surface area contributed by atoms with E-state index in [-0.39, 0.29) is 0 Å². The summed E-state index contributed by atoms with van der Waals surface area (Å²) < 4.78 is 3.26. The molecule has 1 aliphatic rings. The zero-order chi connectivity index (χ0) is 13.9. The van der Waals surface area contributed by atoms with Crippen LogP contribution in [-0.4, -0.2) is 16.3 Å². The standard InChI is InChI=1S/C15H26BrN3/c1-4-15(8-6-7-9-15)11-17-10-13-14(16)12(3)18-19(13)5-2/h17H,4-11H2,1-3H3. The average molecular weight is 328 g/mol. The van der Waals surface area contributed by atoms with E-state index >= 15 is 0 Å². The molecule has 0 radical (unpaired) electrons. The molecule has 108 valence electrons. The molecule has 0 unspecified atom stereocenters. The first-order valence-electron chi connectivity index (χ1n) is 7.54. The van der Waals surface area contributed by atoms with Gasteiger partial charge in [-0.2, -0.15) is 5.10 Å². The molecule has 1 saturated carbocycles. The van der Waals surface area contributed by atoms with Crippen molar-refractivity contribution in [3.8, 4) is 0 Å². The van der Waals surface area contributed by atoms with E-state index in [2.05, 4.69) is 51.8 Å². The minimum absolute atomic E-state index is 0.554. The fourth-order valence-electron chi connectivity index (χ4n) is 3.26. The maximum absolute atomic E-state index is 4.55. The summed E-state index contributed by atoms with van der Waals surface area (Å²) >= 11 is 3.66. The Labute approximate surface area is 125 Å². The number of hydrogen-bond acceptors (Lipinski definition) is 2. The van der Waals surface area contributed by atoms with Crippen LogP contribution in [0, 0.1) is 12.3 Å². The van der Waals surface area contributed by atoms with Gasteiger partial charge in [0.15, 0.2) is 0 Å². The van der Waals surface area contributed by atoms with Crippen molar-refractivity contribution in [3.63, 3.8) is 0 Å². The molecule has 1 N–H and O–H groups in total. The highest BCUT2D eigenvalue weighted by atomic mass is 79.9. The fraction of sp³-hybridized carbons (Fsp3) is 0.800. The predicted octanol–water partition coefficient (Wildman–Crippen LogP) is 4.03. The van der Waals surface area contributed by atoms with E-state index < -0.39 is 0 Å². The minimum Gasteiger partial charge on any atom is -0.311 e. The lowest BCUT2D eigenvalue weighted by atomic mass is 9.83. The molecule has 4 heteroatoms. The summed E-state index contributed by atoms with van der Waals surface area (Å²) in [6.07, 6.45) is 6.90. The average Bonchev–Trinajstić information content (AvgIpc) is 2.99. The quantitative estimate of drug-likeness (QED) is 0.854. The van der Waals surface area contributed by atoms with Crippen LogP contribution >= 0.6 is 15.9 Å². The molecule has 1 heterocycles. The summed E-state index contributed by atoms with van der Waals surface area (Å²) in [7, 11) is 0. The van der Waals surface area contributed by atoms with Crippen molar-refractivity contribution in [2.75, 3.05) is 6.54 Å². The van der Waals surface area contributed by atoms with E-state index in [1.165, 1.54) is 42.3 Å². The highest BCUT2D eigenvalue weighted by Crippen LogP contribution is 2.40. The smallest absolute Gasteiger partial charge is 0.0739 e. The van der Waals surface area contributed by atoms with Gasteiger partial charge in [0.2, 0.25) is 0 Å². The molecule has 0 spiro atoms. The van der Waals surface area contributed by atoms with Gasteiger partial charge in [-0.15, -0.1) is 0 Å². The lowest BCUT2D eigenvalue weighted by molar-refractivity contribution is 0.267. The van der Waals surface area contributed by atoms with Crippen LogP contribution in [0.4, 0.5) is 0 Å². The molecule has 0 atom stereocenters. The van der Waals surface area contributed by atoms with Crippen molar-refractivity contribution in [1.29, 1.82) is 0 Å². The van der Waals surface area contributed by atoms with Crippen LogP contribution in [0.25, 0.3) is 0 Å². The number of rotatable bonds is 6. The van der Waals surface area contributed by atoms with Crippen LogP contribution in [-0.2, 0) is 13.1 Å². The molecule has 1 aromatic rings. The maximum atomic E-state index is 4.55. The second-order valence-electron chi connectivity index (χ2n) is 5.83. The highest BCUT2D eigenvalue weighted by molar-refractivity contribution is 9.10. The number of nitrogens with one attached hydrogen (secondary N) is 1. The van der Waals surface area contributed by atoms with E-state index in [9.17, 15) is 0 Å². The summed E-state index contributed by atoms with van der Waals surface area (Å²) in [6, 6.07) is 0. The Morgan fingerprint density at radius 1 is 1.32 bits per heavy atom. The first-order chi connectivity index (χ1) is 9.12. The van der Waals surface area contributed by atoms with Gasteiger partial charge < -0.3 is 5.32 Å². The Bertz CT molecular complexity index is 419. The molecule has 1 fully saturated rings. The molecule has 3 nitrogen and oxygen atoms in total. The second-order valence-corrected chi connectivity index (χ2v) is 6.62. The summed E-state index contributed by atoms with van der Waals surface area (Å²) in [5.41, 5.74) is 2.92. The minimum atomic E-state index is 0.554. The Hall–Kier alpha value is -0.350. The normalized spacial score (nSPS) is 18.1. The van der Waals surface area contributed by atoms with Crippen LogP contribution in [0.3, 0.4) is 0 Å². The van der Waals surface area contributed by atoms with Crippen LogP contribution < -0.4 is 5.32 Å². The number of hydrogen-bond donors (Lipinski definition) is 1. The lowest BCUT2D eigenvalue weighted by Gasteiger charge is -2.27. The molecule has 1 aliphatic carbocycles. The van der Waals surface area contributed by atoms with Gasteiger partial charge in [0.25, 0.3) is 0 Å². The van der Waals surface area contributed by atoms with Gasteiger partial charge in [-0.1, -0.05) is 19.8 Å². The molecule has 0 aromatic carbocycles. The molecular formula is C15H26BrN3. The second kappa shape index (κ2) is 6.40. The van der Waals surface area contributed by atoms with Crippen molar-refractivity contribution in [3.05, 3.63) is 15.9 Å². The number of aromatic nitrogens is 2. The zero-order valence-electron chi connectivity index (χ0n) is 12.4. The van der Waals surface area contributed by atoms with Crippen molar-refractivity contribution in [2.24, 2.45) is 5.41 Å². The molecule has 0 aliphatic heterocycles. The van der Waals surface area contributed by atoms with Gasteiger partial charge in [0, 0.05) is 19.6 Å². The summed E-state index contributed by atoms with van der Waals surface area (Å²) in [5, 5.41) is 8.22. The van der Waals surface area contributed by atoms with Gasteiger partial charge in [0.1, 0.15) is 0 Å². The predicted molar refractivity (Wildman–Crippen MR) is 83.2 cm³/mol. The Morgan fingerprint density at radius 2 is 2.00 bits per heavy atom. The number of halogens is 1. The van der Waals surface area contributed by atoms with Gasteiger partial charge in [-0.05, 0) is 54.5 Å². The topological polar surface area (TPSA) is 29.9 Å². The van der Waals surface area contributed by atoms with E-state index in [1.54, 1.807) is 0 Å². The highest BCUT2D eigenvalue weighted by Gasteiger charge is 2.31. The zero-order valence-corrected chi connectivity index (χ0v) is 14.0. The van der Waals surface area contributed by atoms with Gasteiger partial charge in [-0.3, -0.25) is 4.68 Å². The summed E-state index contributed by atoms with van der Waals surface area (Å²) in [6.45, 7) is 9.53. The fourth-order valence-corrected chi connectivity index (χ4v) is 3.69. The first-order valence-corrected chi connectivity index (χ1v) is 8.33. The molecule has 0 saturated heterocycles. The van der Waals surface area contributed by atoms with Crippen LogP contribution in [0.1, 0.15) is 57.3 Å². The monoisotopic (exact) mass is 327 g/mol. The maximum Gasteiger partial charge on any atom is 0.0739 e. The molecule has 0 bridgehead atoms. The Balaban J connectivity index is 1.95. The summed E-state index contributed by atoms with van der Waals surface area (Å²) in [5.74, 6) is 0. The first kappa shape index (κ1) is 15.0. The van der Waals surface area contributed by atoms with Gasteiger partial charge in [-0.25, -0.2) is 0 Å².